The van der Waals surface area contributed by atoms with Crippen LogP contribution in [-0.2, 0) is 6.54 Å². The molecule has 0 atom stereocenters. The average Bonchev–Trinajstić information content (AvgIpc) is 2.52. The summed E-state index contributed by atoms with van der Waals surface area (Å²) in [5, 5.41) is 2.99. The maximum absolute atomic E-state index is 12.2. The normalized spacial score (nSPS) is 16.5. The number of nitrogens with one attached hydrogen (secondary N) is 1. The van der Waals surface area contributed by atoms with E-state index in [0.717, 1.165) is 37.5 Å². The highest BCUT2D eigenvalue weighted by Gasteiger charge is 2.27. The molecule has 0 unspecified atom stereocenters. The van der Waals surface area contributed by atoms with Gasteiger partial charge in [0.05, 0.1) is 7.11 Å². The third-order valence-electron chi connectivity index (χ3n) is 4.12. The van der Waals surface area contributed by atoms with Crippen molar-refractivity contribution in [1.82, 2.24) is 15.1 Å². The molecule has 122 valence electrons. The summed E-state index contributed by atoms with van der Waals surface area (Å²) in [4.78, 5) is 16.5. The molecule has 1 aliphatic heterocycles. The van der Waals surface area contributed by atoms with E-state index < -0.39 is 0 Å². The minimum atomic E-state index is 0.0179. The van der Waals surface area contributed by atoms with Gasteiger partial charge in [-0.3, -0.25) is 4.90 Å². The fraction of sp³-hybridized carbons (Fsp3) is 0.588. The minimum Gasteiger partial charge on any atom is -0.497 e. The lowest BCUT2D eigenvalue weighted by molar-refractivity contribution is 0.0742. The molecule has 22 heavy (non-hydrogen) atoms. The van der Waals surface area contributed by atoms with Crippen molar-refractivity contribution in [1.29, 1.82) is 0 Å². The van der Waals surface area contributed by atoms with Crippen LogP contribution in [-0.4, -0.2) is 54.7 Å². The van der Waals surface area contributed by atoms with Gasteiger partial charge in [0.2, 0.25) is 0 Å². The lowest BCUT2D eigenvalue weighted by Gasteiger charge is -2.42. The summed E-state index contributed by atoms with van der Waals surface area (Å²) in [6.07, 6.45) is 0. The van der Waals surface area contributed by atoms with E-state index >= 15 is 0 Å². The lowest BCUT2D eigenvalue weighted by Crippen LogP contribution is -2.56. The van der Waals surface area contributed by atoms with Gasteiger partial charge in [-0.1, -0.05) is 12.1 Å². The van der Waals surface area contributed by atoms with Gasteiger partial charge in [-0.05, 0) is 38.5 Å². The minimum absolute atomic E-state index is 0.0179. The van der Waals surface area contributed by atoms with Gasteiger partial charge in [0, 0.05) is 38.3 Å². The van der Waals surface area contributed by atoms with Crippen LogP contribution in [0.3, 0.4) is 0 Å². The molecule has 0 saturated carbocycles. The first kappa shape index (κ1) is 16.6. The third kappa shape index (κ3) is 4.37. The van der Waals surface area contributed by atoms with Crippen LogP contribution in [0.4, 0.5) is 4.79 Å². The molecule has 5 nitrogen and oxygen atoms in total. The van der Waals surface area contributed by atoms with Crippen LogP contribution in [0.2, 0.25) is 0 Å². The van der Waals surface area contributed by atoms with Gasteiger partial charge in [-0.25, -0.2) is 4.79 Å². The molecule has 1 N–H and O–H groups in total. The second-order valence-corrected chi connectivity index (χ2v) is 6.65. The van der Waals surface area contributed by atoms with Crippen LogP contribution in [0.1, 0.15) is 26.3 Å². The first-order valence-corrected chi connectivity index (χ1v) is 7.81. The number of methoxy groups -OCH3 is 1. The van der Waals surface area contributed by atoms with Crippen molar-refractivity contribution < 1.29 is 9.53 Å². The molecule has 1 heterocycles. The van der Waals surface area contributed by atoms with Crippen molar-refractivity contribution in [2.75, 3.05) is 33.3 Å². The van der Waals surface area contributed by atoms with Crippen molar-refractivity contribution in [3.05, 3.63) is 29.8 Å². The number of hydrogen-bond donors (Lipinski definition) is 1. The van der Waals surface area contributed by atoms with Crippen LogP contribution in [0.15, 0.2) is 24.3 Å². The molecule has 2 amide bonds. The van der Waals surface area contributed by atoms with Gasteiger partial charge >= 0.3 is 6.03 Å². The Kier molecular flexibility index (Phi) is 5.29. The Bertz CT molecular complexity index is 486. The molecule has 0 aromatic heterocycles. The largest absolute Gasteiger partial charge is 0.497 e. The first-order chi connectivity index (χ1) is 10.4. The van der Waals surface area contributed by atoms with E-state index in [1.54, 1.807) is 7.11 Å². The Morgan fingerprint density at radius 2 is 1.73 bits per heavy atom. The quantitative estimate of drug-likeness (QED) is 0.932. The summed E-state index contributed by atoms with van der Waals surface area (Å²) in [5.41, 5.74) is 1.24. The van der Waals surface area contributed by atoms with Crippen LogP contribution in [0, 0.1) is 0 Å². The van der Waals surface area contributed by atoms with Gasteiger partial charge in [-0.15, -0.1) is 0 Å². The standard InChI is InChI=1S/C17H27N3O2/c1-17(2,3)20-11-9-19(10-12-20)16(21)18-13-14-5-7-15(22-4)8-6-14/h5-8H,9-13H2,1-4H3,(H,18,21). The van der Waals surface area contributed by atoms with Crippen LogP contribution in [0.25, 0.3) is 0 Å². The Morgan fingerprint density at radius 3 is 2.23 bits per heavy atom. The zero-order valence-corrected chi connectivity index (χ0v) is 14.1. The van der Waals surface area contributed by atoms with E-state index in [1.165, 1.54) is 0 Å². The summed E-state index contributed by atoms with van der Waals surface area (Å²) in [6, 6.07) is 7.77. The van der Waals surface area contributed by atoms with Gasteiger partial charge in [-0.2, -0.15) is 0 Å². The summed E-state index contributed by atoms with van der Waals surface area (Å²) >= 11 is 0. The number of amides is 2. The van der Waals surface area contributed by atoms with Crippen molar-refractivity contribution in [2.24, 2.45) is 0 Å². The summed E-state index contributed by atoms with van der Waals surface area (Å²) in [7, 11) is 1.65. The van der Waals surface area contributed by atoms with E-state index in [9.17, 15) is 4.79 Å². The molecule has 1 aliphatic rings. The Morgan fingerprint density at radius 1 is 1.14 bits per heavy atom. The molecule has 1 aromatic rings. The monoisotopic (exact) mass is 305 g/mol. The Hall–Kier alpha value is -1.75. The average molecular weight is 305 g/mol. The molecule has 0 spiro atoms. The van der Waals surface area contributed by atoms with Gasteiger partial charge < -0.3 is 15.0 Å². The van der Waals surface area contributed by atoms with Crippen molar-refractivity contribution in [3.8, 4) is 5.75 Å². The summed E-state index contributed by atoms with van der Waals surface area (Å²) in [5.74, 6) is 0.827. The third-order valence-corrected chi connectivity index (χ3v) is 4.12. The van der Waals surface area contributed by atoms with Crippen molar-refractivity contribution in [2.45, 2.75) is 32.9 Å². The van der Waals surface area contributed by atoms with Gasteiger partial charge in [0.15, 0.2) is 0 Å². The maximum Gasteiger partial charge on any atom is 0.317 e. The molecule has 1 aromatic carbocycles. The second kappa shape index (κ2) is 7.01. The van der Waals surface area contributed by atoms with Crippen LogP contribution in [0.5, 0.6) is 5.75 Å². The zero-order valence-electron chi connectivity index (χ0n) is 14.1. The topological polar surface area (TPSA) is 44.8 Å². The van der Waals surface area contributed by atoms with E-state index in [-0.39, 0.29) is 11.6 Å². The van der Waals surface area contributed by atoms with Gasteiger partial charge in [0.1, 0.15) is 5.75 Å². The van der Waals surface area contributed by atoms with E-state index in [4.69, 9.17) is 4.74 Å². The number of ether oxygens (including phenoxy) is 1. The highest BCUT2D eigenvalue weighted by atomic mass is 16.5. The molecule has 1 fully saturated rings. The van der Waals surface area contributed by atoms with Gasteiger partial charge in [0.25, 0.3) is 0 Å². The number of carbonyl (C=O) groups excluding carboxylic acids is 1. The Balaban J connectivity index is 1.78. The van der Waals surface area contributed by atoms with E-state index in [1.807, 2.05) is 29.2 Å². The Labute approximate surface area is 133 Å². The number of benzene rings is 1. The number of carbonyl (C=O) groups is 1. The molecule has 2 rings (SSSR count). The number of piperazine rings is 1. The number of nitrogens with zero attached hydrogens (tertiary/aromatic N) is 2. The fourth-order valence-corrected chi connectivity index (χ4v) is 2.61. The molecule has 0 bridgehead atoms. The highest BCUT2D eigenvalue weighted by molar-refractivity contribution is 5.74. The van der Waals surface area contributed by atoms with E-state index in [0.29, 0.717) is 6.54 Å². The number of urea groups is 1. The number of rotatable bonds is 3. The molecular formula is C17H27N3O2. The van der Waals surface area contributed by atoms with Crippen molar-refractivity contribution in [3.63, 3.8) is 0 Å². The SMILES string of the molecule is COc1ccc(CNC(=O)N2CCN(C(C)(C)C)CC2)cc1. The predicted molar refractivity (Wildman–Crippen MR) is 88.1 cm³/mol. The summed E-state index contributed by atoms with van der Waals surface area (Å²) < 4.78 is 5.13. The molecular weight excluding hydrogens is 278 g/mol. The zero-order chi connectivity index (χ0) is 16.2. The highest BCUT2D eigenvalue weighted by Crippen LogP contribution is 2.16. The molecule has 5 heteroatoms. The fourth-order valence-electron chi connectivity index (χ4n) is 2.61. The molecule has 0 aliphatic carbocycles. The number of hydrogen-bond acceptors (Lipinski definition) is 3. The summed E-state index contributed by atoms with van der Waals surface area (Å²) in [6.45, 7) is 10.6. The maximum atomic E-state index is 12.2. The van der Waals surface area contributed by atoms with Crippen LogP contribution < -0.4 is 10.1 Å². The molecule has 0 radical (unpaired) electrons. The van der Waals surface area contributed by atoms with Crippen LogP contribution >= 0.6 is 0 Å². The smallest absolute Gasteiger partial charge is 0.317 e. The van der Waals surface area contributed by atoms with Crippen molar-refractivity contribution >= 4 is 6.03 Å². The second-order valence-electron chi connectivity index (χ2n) is 6.65. The predicted octanol–water partition coefficient (Wildman–Crippen LogP) is 2.32. The van der Waals surface area contributed by atoms with E-state index in [2.05, 4.69) is 31.0 Å². The molecule has 1 saturated heterocycles. The lowest BCUT2D eigenvalue weighted by atomic mass is 10.1. The first-order valence-electron chi connectivity index (χ1n) is 7.81.